The van der Waals surface area contributed by atoms with E-state index in [9.17, 15) is 8.42 Å². The van der Waals surface area contributed by atoms with Crippen molar-refractivity contribution in [3.05, 3.63) is 35.5 Å². The minimum atomic E-state index is -2.86. The molecular weight excluding hydrogens is 510 g/mol. The molecule has 0 spiro atoms. The van der Waals surface area contributed by atoms with Crippen LogP contribution in [-0.2, 0) is 14.6 Å². The van der Waals surface area contributed by atoms with Gasteiger partial charge >= 0.3 is 0 Å². The van der Waals surface area contributed by atoms with Crippen LogP contribution in [0.3, 0.4) is 0 Å². The normalized spacial score (nSPS) is 29.2. The number of nitrogens with one attached hydrogen (secondary N) is 3. The maximum absolute atomic E-state index is 11.9. The van der Waals surface area contributed by atoms with Crippen molar-refractivity contribution in [2.45, 2.75) is 63.6 Å². The molecule has 0 amide bonds. The van der Waals surface area contributed by atoms with E-state index in [4.69, 9.17) is 21.3 Å². The first-order valence-corrected chi connectivity index (χ1v) is 15.5. The first-order chi connectivity index (χ1) is 17.7. The molecule has 0 bridgehead atoms. The minimum absolute atomic E-state index is 0.102. The van der Waals surface area contributed by atoms with E-state index < -0.39 is 9.84 Å². The predicted molar refractivity (Wildman–Crippen MR) is 149 cm³/mol. The second-order valence-corrected chi connectivity index (χ2v) is 13.8. The average molecular weight is 548 g/mol. The van der Waals surface area contributed by atoms with Crippen LogP contribution in [0.1, 0.15) is 45.4 Å². The molecule has 10 heteroatoms. The molecule has 0 radical (unpaired) electrons. The van der Waals surface area contributed by atoms with Crippen molar-refractivity contribution in [2.75, 3.05) is 42.4 Å². The lowest BCUT2D eigenvalue weighted by atomic mass is 9.90. The first-order valence-electron chi connectivity index (χ1n) is 13.3. The molecule has 2 aliphatic carbocycles. The summed E-state index contributed by atoms with van der Waals surface area (Å²) < 4.78 is 29.0. The molecule has 2 unspecified atom stereocenters. The molecule has 8 nitrogen and oxygen atoms in total. The average Bonchev–Trinajstić information content (AvgIpc) is 3.58. The third kappa shape index (κ3) is 6.56. The molecule has 202 valence electrons. The highest BCUT2D eigenvalue weighted by atomic mass is 35.5. The van der Waals surface area contributed by atoms with Gasteiger partial charge in [-0.2, -0.15) is 0 Å². The molecule has 3 heterocycles. The molecule has 1 saturated heterocycles. The molecule has 2 aromatic rings. The van der Waals surface area contributed by atoms with E-state index in [1.807, 2.05) is 24.3 Å². The zero-order valence-corrected chi connectivity index (χ0v) is 23.2. The number of ether oxygens (including phenoxy) is 1. The van der Waals surface area contributed by atoms with Gasteiger partial charge in [-0.05, 0) is 75.0 Å². The second-order valence-electron chi connectivity index (χ2n) is 11.2. The van der Waals surface area contributed by atoms with Crippen molar-refractivity contribution in [2.24, 2.45) is 11.3 Å². The van der Waals surface area contributed by atoms with Crippen LogP contribution in [0, 0.1) is 11.3 Å². The van der Waals surface area contributed by atoms with Crippen molar-refractivity contribution < 1.29 is 13.2 Å². The lowest BCUT2D eigenvalue weighted by molar-refractivity contribution is 0.161. The van der Waals surface area contributed by atoms with E-state index in [0.717, 1.165) is 74.6 Å². The Morgan fingerprint density at radius 3 is 2.73 bits per heavy atom. The molecule has 3 N–H and O–H groups in total. The number of fused-ring (bicyclic) bond motifs is 1. The van der Waals surface area contributed by atoms with Gasteiger partial charge in [-0.25, -0.2) is 18.4 Å². The van der Waals surface area contributed by atoms with E-state index in [-0.39, 0.29) is 11.3 Å². The molecular formula is C27H38ClN5O3S. The van der Waals surface area contributed by atoms with Crippen LogP contribution < -0.4 is 16.0 Å². The second kappa shape index (κ2) is 11.0. The van der Waals surface area contributed by atoms with Gasteiger partial charge < -0.3 is 20.7 Å². The lowest BCUT2D eigenvalue weighted by Crippen LogP contribution is -2.42. The lowest BCUT2D eigenvalue weighted by Gasteiger charge is -2.31. The summed E-state index contributed by atoms with van der Waals surface area (Å²) in [7, 11) is -1.12. The monoisotopic (exact) mass is 547 g/mol. The fourth-order valence-electron chi connectivity index (χ4n) is 6.00. The summed E-state index contributed by atoms with van der Waals surface area (Å²) in [6.07, 6.45) is 7.82. The summed E-state index contributed by atoms with van der Waals surface area (Å²) >= 11 is 6.55. The number of nitrogens with zero attached hydrogens (tertiary/aromatic N) is 2. The number of halogens is 1. The smallest absolute Gasteiger partial charge is 0.150 e. The topological polar surface area (TPSA) is 105 Å². The summed E-state index contributed by atoms with van der Waals surface area (Å²) in [5.74, 6) is 2.50. The van der Waals surface area contributed by atoms with Gasteiger partial charge in [0, 0.05) is 43.5 Å². The van der Waals surface area contributed by atoms with Gasteiger partial charge in [-0.3, -0.25) is 0 Å². The van der Waals surface area contributed by atoms with Crippen LogP contribution in [0.25, 0.3) is 11.3 Å². The highest BCUT2D eigenvalue weighted by Gasteiger charge is 2.58. The molecule has 3 aliphatic rings. The van der Waals surface area contributed by atoms with Crippen LogP contribution in [0.2, 0.25) is 5.02 Å². The zero-order chi connectivity index (χ0) is 26.0. The van der Waals surface area contributed by atoms with Crippen LogP contribution >= 0.6 is 11.6 Å². The molecule has 3 atom stereocenters. The van der Waals surface area contributed by atoms with Crippen LogP contribution in [0.15, 0.2) is 30.5 Å². The first kappa shape index (κ1) is 26.7. The van der Waals surface area contributed by atoms with Gasteiger partial charge in [0.2, 0.25) is 0 Å². The SMILES string of the molecule is COC[C@@H](C)NC1CCC(Nc2cc(-c3cccc(NCC45CCS(=O)(=O)CC4C5)n3)c(Cl)cn2)CC1. The highest BCUT2D eigenvalue weighted by Crippen LogP contribution is 2.58. The van der Waals surface area contributed by atoms with Gasteiger partial charge in [-0.1, -0.05) is 17.7 Å². The third-order valence-electron chi connectivity index (χ3n) is 8.24. The number of methoxy groups -OCH3 is 1. The summed E-state index contributed by atoms with van der Waals surface area (Å²) in [5, 5.41) is 11.3. The number of pyridine rings is 2. The van der Waals surface area contributed by atoms with Gasteiger partial charge in [-0.15, -0.1) is 0 Å². The molecule has 0 aromatic carbocycles. The van der Waals surface area contributed by atoms with Gasteiger partial charge in [0.1, 0.15) is 11.6 Å². The van der Waals surface area contributed by atoms with Crippen molar-refractivity contribution in [3.63, 3.8) is 0 Å². The van der Waals surface area contributed by atoms with Crippen molar-refractivity contribution in [3.8, 4) is 11.3 Å². The molecule has 5 rings (SSSR count). The van der Waals surface area contributed by atoms with Crippen LogP contribution in [0.5, 0.6) is 0 Å². The van der Waals surface area contributed by atoms with Gasteiger partial charge in [0.15, 0.2) is 9.84 Å². The number of hydrogen-bond acceptors (Lipinski definition) is 8. The Labute approximate surface area is 225 Å². The fraction of sp³-hybridized carbons (Fsp3) is 0.630. The molecule has 37 heavy (non-hydrogen) atoms. The Kier molecular flexibility index (Phi) is 7.96. The summed E-state index contributed by atoms with van der Waals surface area (Å²) in [6, 6.07) is 9.14. The number of aromatic nitrogens is 2. The molecule has 2 saturated carbocycles. The Bertz CT molecular complexity index is 1200. The molecule has 1 aliphatic heterocycles. The number of anilines is 2. The quantitative estimate of drug-likeness (QED) is 0.402. The Balaban J connectivity index is 1.19. The van der Waals surface area contributed by atoms with E-state index in [2.05, 4.69) is 27.9 Å². The largest absolute Gasteiger partial charge is 0.383 e. The summed E-state index contributed by atoms with van der Waals surface area (Å²) in [6.45, 7) is 3.64. The van der Waals surface area contributed by atoms with Crippen molar-refractivity contribution in [1.29, 1.82) is 0 Å². The van der Waals surface area contributed by atoms with Crippen LogP contribution in [0.4, 0.5) is 11.6 Å². The van der Waals surface area contributed by atoms with E-state index >= 15 is 0 Å². The predicted octanol–water partition coefficient (Wildman–Crippen LogP) is 4.38. The Morgan fingerprint density at radius 2 is 1.97 bits per heavy atom. The summed E-state index contributed by atoms with van der Waals surface area (Å²) in [5.41, 5.74) is 1.74. The van der Waals surface area contributed by atoms with E-state index in [1.165, 1.54) is 0 Å². The maximum atomic E-state index is 11.9. The minimum Gasteiger partial charge on any atom is -0.383 e. The van der Waals surface area contributed by atoms with E-state index in [1.54, 1.807) is 13.3 Å². The highest BCUT2D eigenvalue weighted by molar-refractivity contribution is 7.91. The maximum Gasteiger partial charge on any atom is 0.150 e. The Morgan fingerprint density at radius 1 is 1.19 bits per heavy atom. The number of rotatable bonds is 10. The van der Waals surface area contributed by atoms with Crippen molar-refractivity contribution in [1.82, 2.24) is 15.3 Å². The number of sulfone groups is 1. The molecule has 2 aromatic heterocycles. The van der Waals surface area contributed by atoms with Gasteiger partial charge in [0.25, 0.3) is 0 Å². The third-order valence-corrected chi connectivity index (χ3v) is 10.3. The molecule has 3 fully saturated rings. The fourth-order valence-corrected chi connectivity index (χ4v) is 8.17. The van der Waals surface area contributed by atoms with Crippen molar-refractivity contribution >= 4 is 33.1 Å². The standard InChI is InChI=1S/C27H38ClN5O3S/c1-18(15-36-2)31-20-6-8-21(9-7-20)32-26-12-22(23(28)14-29-26)24-4-3-5-25(33-24)30-17-27-10-11-37(34,35)16-19(27)13-27/h3-5,12,14,18-21,31H,6-11,13,15-17H2,1-2H3,(H,29,32)(H,30,33)/t18-,19?,20?,21?,27?/m1/s1. The van der Waals surface area contributed by atoms with Gasteiger partial charge in [0.05, 0.1) is 28.8 Å². The van der Waals surface area contributed by atoms with Crippen LogP contribution in [-0.4, -0.2) is 68.3 Å². The number of hydrogen-bond donors (Lipinski definition) is 3. The Hall–Kier alpha value is -1.94. The zero-order valence-electron chi connectivity index (χ0n) is 21.7. The summed E-state index contributed by atoms with van der Waals surface area (Å²) in [4.78, 5) is 9.35. The van der Waals surface area contributed by atoms with E-state index in [0.29, 0.717) is 34.7 Å².